The van der Waals surface area contributed by atoms with Crippen LogP contribution in [0.15, 0.2) is 42.5 Å². The van der Waals surface area contributed by atoms with Crippen molar-refractivity contribution in [1.29, 1.82) is 0 Å². The zero-order valence-electron chi connectivity index (χ0n) is 28.6. The fourth-order valence-corrected chi connectivity index (χ4v) is 6.12. The van der Waals surface area contributed by atoms with E-state index in [4.69, 9.17) is 19.9 Å². The Bertz CT molecular complexity index is 1360. The number of benzene rings is 2. The van der Waals surface area contributed by atoms with Crippen molar-refractivity contribution in [3.05, 3.63) is 64.7 Å². The molecule has 0 fully saturated rings. The average Bonchev–Trinajstić information content (AvgIpc) is 3.06. The second kappa shape index (κ2) is 17.1. The Labute approximate surface area is 279 Å². The molecule has 2 aromatic rings. The van der Waals surface area contributed by atoms with Crippen LogP contribution in [0.5, 0.6) is 5.75 Å². The summed E-state index contributed by atoms with van der Waals surface area (Å²) in [5, 5.41) is 9.20. The number of fused-ring (bicyclic) bond motifs is 2. The molecule has 3 unspecified atom stereocenters. The van der Waals surface area contributed by atoms with E-state index in [0.29, 0.717) is 51.7 Å². The number of likely N-dealkylation sites (N-methyl/N-ethyl adjacent to an activating group) is 1. The second-order valence-electron chi connectivity index (χ2n) is 13.4. The number of amides is 3. The van der Waals surface area contributed by atoms with E-state index in [2.05, 4.69) is 28.1 Å². The molecule has 0 spiro atoms. The molecule has 258 valence electrons. The maximum absolute atomic E-state index is 14.5. The number of aryl methyl sites for hydroxylation is 1. The zero-order valence-corrected chi connectivity index (χ0v) is 28.6. The summed E-state index contributed by atoms with van der Waals surface area (Å²) >= 11 is 0. The normalized spacial score (nSPS) is 18.8. The second-order valence-corrected chi connectivity index (χ2v) is 13.4. The maximum atomic E-state index is 14.5. The van der Waals surface area contributed by atoms with Crippen molar-refractivity contribution in [1.82, 2.24) is 20.9 Å². The molecular weight excluding hydrogens is 598 g/mol. The molecule has 11 nitrogen and oxygen atoms in total. The van der Waals surface area contributed by atoms with E-state index in [0.717, 1.165) is 36.0 Å². The minimum atomic E-state index is -0.844. The third kappa shape index (κ3) is 9.76. The fraction of sp³-hybridized carbons (Fsp3) is 0.583. The Hall–Kier alpha value is -3.51. The van der Waals surface area contributed by atoms with Crippen molar-refractivity contribution in [2.45, 2.75) is 84.1 Å². The number of ether oxygens (including phenoxy) is 3. The largest absolute Gasteiger partial charge is 0.491 e. The first-order valence-electron chi connectivity index (χ1n) is 16.8. The predicted molar refractivity (Wildman–Crippen MR) is 181 cm³/mol. The van der Waals surface area contributed by atoms with Gasteiger partial charge in [0.25, 0.3) is 0 Å². The standard InChI is InChI=1S/C36H53N5O6/c1-24(38-5)33(42)40-32(36(2,3)4)35(44)41-23-27-21-28(47-20-19-46-18-17-45-16-15-37)14-13-26(27)22-31(41)34(43)39-30-12-8-10-25-9-6-7-11-29(25)30/h6-7,9,11,13-14,21,24,30-32,38H,8,10,12,15-20,22-23,37H2,1-5H3,(H,39,43)(H,40,42)/t24?,30-,31?,32?/m1/s1. The molecule has 1 aliphatic heterocycles. The van der Waals surface area contributed by atoms with Gasteiger partial charge in [-0.05, 0) is 73.0 Å². The highest BCUT2D eigenvalue weighted by atomic mass is 16.5. The Morgan fingerprint density at radius 2 is 1.70 bits per heavy atom. The lowest BCUT2D eigenvalue weighted by Crippen LogP contribution is -2.62. The molecule has 3 amide bonds. The summed E-state index contributed by atoms with van der Waals surface area (Å²) in [5.74, 6) is -0.104. The van der Waals surface area contributed by atoms with Gasteiger partial charge in [-0.2, -0.15) is 0 Å². The van der Waals surface area contributed by atoms with Gasteiger partial charge in [-0.25, -0.2) is 0 Å². The number of nitrogens with one attached hydrogen (secondary N) is 3. The van der Waals surface area contributed by atoms with Gasteiger partial charge in [-0.1, -0.05) is 51.1 Å². The van der Waals surface area contributed by atoms with E-state index >= 15 is 0 Å². The van der Waals surface area contributed by atoms with Crippen LogP contribution in [0, 0.1) is 5.41 Å². The van der Waals surface area contributed by atoms with Crippen molar-refractivity contribution in [2.75, 3.05) is 46.6 Å². The van der Waals surface area contributed by atoms with E-state index in [9.17, 15) is 14.4 Å². The molecule has 1 heterocycles. The lowest BCUT2D eigenvalue weighted by Gasteiger charge is -2.41. The number of hydrogen-bond donors (Lipinski definition) is 4. The Morgan fingerprint density at radius 1 is 0.979 bits per heavy atom. The quantitative estimate of drug-likeness (QED) is 0.215. The Balaban J connectivity index is 1.55. The van der Waals surface area contributed by atoms with Crippen molar-refractivity contribution in [3.8, 4) is 5.75 Å². The molecule has 4 rings (SSSR count). The van der Waals surface area contributed by atoms with Gasteiger partial charge in [0.05, 0.1) is 38.5 Å². The maximum Gasteiger partial charge on any atom is 0.246 e. The SMILES string of the molecule is CNC(C)C(=O)NC(C(=O)N1Cc2cc(OCCOCCOCCN)ccc2CC1C(=O)N[C@@H]1CCCc2ccccc21)C(C)(C)C. The molecule has 11 heteroatoms. The van der Waals surface area contributed by atoms with Crippen molar-refractivity contribution >= 4 is 17.7 Å². The van der Waals surface area contributed by atoms with Crippen LogP contribution in [0.4, 0.5) is 0 Å². The molecule has 0 bridgehead atoms. The molecule has 2 aliphatic rings. The Morgan fingerprint density at radius 3 is 2.43 bits per heavy atom. The zero-order chi connectivity index (χ0) is 34.0. The third-order valence-corrected chi connectivity index (χ3v) is 8.94. The molecule has 0 saturated carbocycles. The average molecular weight is 652 g/mol. The van der Waals surface area contributed by atoms with E-state index in [1.165, 1.54) is 5.56 Å². The first kappa shape index (κ1) is 36.3. The van der Waals surface area contributed by atoms with Crippen LogP contribution in [-0.2, 0) is 43.2 Å². The van der Waals surface area contributed by atoms with E-state index < -0.39 is 23.5 Å². The molecule has 4 atom stereocenters. The summed E-state index contributed by atoms with van der Waals surface area (Å²) in [4.78, 5) is 43.3. The van der Waals surface area contributed by atoms with Gasteiger partial charge in [0.2, 0.25) is 17.7 Å². The van der Waals surface area contributed by atoms with E-state index in [1.807, 2.05) is 51.1 Å². The van der Waals surface area contributed by atoms with Gasteiger partial charge in [0.1, 0.15) is 24.4 Å². The summed E-state index contributed by atoms with van der Waals surface area (Å²) in [7, 11) is 1.70. The summed E-state index contributed by atoms with van der Waals surface area (Å²) < 4.78 is 16.9. The number of rotatable bonds is 15. The molecule has 0 saturated heterocycles. The van der Waals surface area contributed by atoms with Gasteiger partial charge in [0.15, 0.2) is 0 Å². The minimum Gasteiger partial charge on any atom is -0.491 e. The topological polar surface area (TPSA) is 144 Å². The van der Waals surface area contributed by atoms with Crippen molar-refractivity contribution < 1.29 is 28.6 Å². The van der Waals surface area contributed by atoms with Crippen molar-refractivity contribution in [3.63, 3.8) is 0 Å². The van der Waals surface area contributed by atoms with Crippen LogP contribution >= 0.6 is 0 Å². The molecular formula is C36H53N5O6. The van der Waals surface area contributed by atoms with Gasteiger partial charge in [-0.3, -0.25) is 14.4 Å². The first-order chi connectivity index (χ1) is 22.5. The monoisotopic (exact) mass is 651 g/mol. The highest BCUT2D eigenvalue weighted by molar-refractivity contribution is 5.94. The number of hydrogen-bond acceptors (Lipinski definition) is 8. The van der Waals surface area contributed by atoms with Crippen LogP contribution in [-0.4, -0.2) is 87.4 Å². The van der Waals surface area contributed by atoms with Crippen LogP contribution < -0.4 is 26.4 Å². The van der Waals surface area contributed by atoms with E-state index in [-0.39, 0.29) is 30.3 Å². The summed E-state index contributed by atoms with van der Waals surface area (Å²) in [6, 6.07) is 11.8. The summed E-state index contributed by atoms with van der Waals surface area (Å²) in [6.07, 6.45) is 3.16. The lowest BCUT2D eigenvalue weighted by atomic mass is 9.83. The number of carbonyl (C=O) groups excluding carboxylic acids is 3. The molecule has 1 aliphatic carbocycles. The van der Waals surface area contributed by atoms with E-state index in [1.54, 1.807) is 18.9 Å². The molecule has 0 radical (unpaired) electrons. The van der Waals surface area contributed by atoms with Crippen LogP contribution in [0.3, 0.4) is 0 Å². The minimum absolute atomic E-state index is 0.120. The highest BCUT2D eigenvalue weighted by Gasteiger charge is 2.43. The predicted octanol–water partition coefficient (Wildman–Crippen LogP) is 2.64. The number of carbonyl (C=O) groups is 3. The summed E-state index contributed by atoms with van der Waals surface area (Å²) in [6.45, 7) is 10.4. The molecule has 5 N–H and O–H groups in total. The van der Waals surface area contributed by atoms with Gasteiger partial charge < -0.3 is 40.8 Å². The smallest absolute Gasteiger partial charge is 0.246 e. The molecule has 2 aromatic carbocycles. The molecule has 47 heavy (non-hydrogen) atoms. The lowest BCUT2D eigenvalue weighted by molar-refractivity contribution is -0.147. The first-order valence-corrected chi connectivity index (χ1v) is 16.8. The Kier molecular flexibility index (Phi) is 13.2. The number of nitrogens with two attached hydrogens (primary N) is 1. The molecule has 0 aromatic heterocycles. The van der Waals surface area contributed by atoms with Gasteiger partial charge in [-0.15, -0.1) is 0 Å². The highest BCUT2D eigenvalue weighted by Crippen LogP contribution is 2.33. The fourth-order valence-electron chi connectivity index (χ4n) is 6.12. The van der Waals surface area contributed by atoms with Crippen LogP contribution in [0.25, 0.3) is 0 Å². The van der Waals surface area contributed by atoms with Crippen molar-refractivity contribution in [2.24, 2.45) is 11.1 Å². The van der Waals surface area contributed by atoms with Crippen LogP contribution in [0.2, 0.25) is 0 Å². The third-order valence-electron chi connectivity index (χ3n) is 8.94. The van der Waals surface area contributed by atoms with Gasteiger partial charge in [0, 0.05) is 19.5 Å². The van der Waals surface area contributed by atoms with Gasteiger partial charge >= 0.3 is 0 Å². The number of nitrogens with zero attached hydrogens (tertiary/aromatic N) is 1. The van der Waals surface area contributed by atoms with Crippen LogP contribution in [0.1, 0.15) is 68.8 Å². The summed E-state index contributed by atoms with van der Waals surface area (Å²) in [5.41, 5.74) is 9.09.